The molecule has 5 nitrogen and oxygen atoms in total. The van der Waals surface area contributed by atoms with Gasteiger partial charge in [-0.2, -0.15) is 0 Å². The molecule has 0 spiro atoms. The topological polar surface area (TPSA) is 52.8 Å². The van der Waals surface area contributed by atoms with Crippen LogP contribution in [0.15, 0.2) is 0 Å². The Labute approximate surface area is 128 Å². The number of amides is 1. The molecular formula is C16H30N4O. The summed E-state index contributed by atoms with van der Waals surface area (Å²) in [4.78, 5) is 19.4. The first-order chi connectivity index (χ1) is 10.2. The first-order valence-corrected chi connectivity index (χ1v) is 8.72. The van der Waals surface area contributed by atoms with Crippen molar-refractivity contribution in [3.05, 3.63) is 0 Å². The molecular weight excluding hydrogens is 264 g/mol. The number of likely N-dealkylation sites (tertiary alicyclic amines) is 3. The monoisotopic (exact) mass is 294 g/mol. The van der Waals surface area contributed by atoms with Gasteiger partial charge in [-0.25, -0.2) is 0 Å². The van der Waals surface area contributed by atoms with Crippen molar-refractivity contribution in [1.82, 2.24) is 14.7 Å². The van der Waals surface area contributed by atoms with E-state index in [4.69, 9.17) is 5.73 Å². The Morgan fingerprint density at radius 3 is 2.38 bits per heavy atom. The van der Waals surface area contributed by atoms with E-state index in [1.807, 2.05) is 0 Å². The van der Waals surface area contributed by atoms with E-state index in [0.29, 0.717) is 24.5 Å². The maximum Gasteiger partial charge on any atom is 0.236 e. The quantitative estimate of drug-likeness (QED) is 0.823. The molecule has 0 aromatic carbocycles. The molecule has 0 saturated carbocycles. The third-order valence-corrected chi connectivity index (χ3v) is 5.41. The van der Waals surface area contributed by atoms with Crippen LogP contribution < -0.4 is 5.73 Å². The summed E-state index contributed by atoms with van der Waals surface area (Å²) < 4.78 is 0. The third kappa shape index (κ3) is 3.96. The first kappa shape index (κ1) is 15.3. The molecule has 3 rings (SSSR count). The van der Waals surface area contributed by atoms with Crippen molar-refractivity contribution in [2.24, 2.45) is 5.73 Å². The minimum Gasteiger partial charge on any atom is -0.340 e. The summed E-state index contributed by atoms with van der Waals surface area (Å²) in [7, 11) is 0. The summed E-state index contributed by atoms with van der Waals surface area (Å²) in [5.74, 6) is 0.324. The van der Waals surface area contributed by atoms with Crippen LogP contribution in [0.1, 0.15) is 38.5 Å². The molecule has 3 aliphatic heterocycles. The average molecular weight is 294 g/mol. The van der Waals surface area contributed by atoms with Gasteiger partial charge in [-0.1, -0.05) is 6.42 Å². The highest BCUT2D eigenvalue weighted by molar-refractivity contribution is 5.78. The van der Waals surface area contributed by atoms with Crippen LogP contribution in [-0.4, -0.2) is 78.5 Å². The Balaban J connectivity index is 1.43. The zero-order valence-corrected chi connectivity index (χ0v) is 13.2. The van der Waals surface area contributed by atoms with Crippen LogP contribution in [0, 0.1) is 0 Å². The Morgan fingerprint density at radius 2 is 1.67 bits per heavy atom. The summed E-state index contributed by atoms with van der Waals surface area (Å²) in [6.07, 6.45) is 7.27. The number of nitrogens with two attached hydrogens (primary N) is 1. The molecule has 0 bridgehead atoms. The van der Waals surface area contributed by atoms with Crippen LogP contribution >= 0.6 is 0 Å². The van der Waals surface area contributed by atoms with E-state index < -0.39 is 0 Å². The van der Waals surface area contributed by atoms with E-state index in [1.165, 1.54) is 32.4 Å². The second-order valence-electron chi connectivity index (χ2n) is 6.99. The molecule has 1 amide bonds. The average Bonchev–Trinajstić information content (AvgIpc) is 3.00. The maximum absolute atomic E-state index is 12.5. The van der Waals surface area contributed by atoms with Gasteiger partial charge in [0, 0.05) is 38.3 Å². The molecule has 21 heavy (non-hydrogen) atoms. The van der Waals surface area contributed by atoms with Crippen molar-refractivity contribution in [2.45, 2.75) is 50.6 Å². The highest BCUT2D eigenvalue weighted by Gasteiger charge is 2.31. The minimum atomic E-state index is 0.324. The Hall–Kier alpha value is -0.650. The van der Waals surface area contributed by atoms with Gasteiger partial charge in [0.25, 0.3) is 0 Å². The molecule has 0 aliphatic carbocycles. The molecule has 3 saturated heterocycles. The predicted molar refractivity (Wildman–Crippen MR) is 84.1 cm³/mol. The number of rotatable bonds is 3. The van der Waals surface area contributed by atoms with Gasteiger partial charge in [0.2, 0.25) is 5.91 Å². The van der Waals surface area contributed by atoms with Crippen LogP contribution in [0.3, 0.4) is 0 Å². The van der Waals surface area contributed by atoms with Gasteiger partial charge in [-0.05, 0) is 45.2 Å². The van der Waals surface area contributed by atoms with Crippen LogP contribution in [0.2, 0.25) is 0 Å². The first-order valence-electron chi connectivity index (χ1n) is 8.72. The Kier molecular flexibility index (Phi) is 5.14. The summed E-state index contributed by atoms with van der Waals surface area (Å²) >= 11 is 0. The lowest BCUT2D eigenvalue weighted by molar-refractivity contribution is -0.131. The summed E-state index contributed by atoms with van der Waals surface area (Å²) in [5, 5.41) is 0. The zero-order valence-electron chi connectivity index (χ0n) is 13.2. The standard InChI is InChI=1S/C16H30N4O/c17-14-4-9-18(10-5-14)13-16(21)20-11-6-15(12-20)19-7-2-1-3-8-19/h14-15H,1-13,17H2. The van der Waals surface area contributed by atoms with E-state index >= 15 is 0 Å². The largest absolute Gasteiger partial charge is 0.340 e. The zero-order chi connectivity index (χ0) is 14.7. The van der Waals surface area contributed by atoms with Gasteiger partial charge in [0.15, 0.2) is 0 Å². The van der Waals surface area contributed by atoms with Gasteiger partial charge in [-0.15, -0.1) is 0 Å². The molecule has 0 aromatic rings. The van der Waals surface area contributed by atoms with Crippen LogP contribution in [-0.2, 0) is 4.79 Å². The lowest BCUT2D eigenvalue weighted by Gasteiger charge is -2.33. The van der Waals surface area contributed by atoms with Crippen LogP contribution in [0.4, 0.5) is 0 Å². The number of hydrogen-bond acceptors (Lipinski definition) is 4. The van der Waals surface area contributed by atoms with Gasteiger partial charge in [0.05, 0.1) is 6.54 Å². The molecule has 0 aromatic heterocycles. The lowest BCUT2D eigenvalue weighted by atomic mass is 10.1. The summed E-state index contributed by atoms with van der Waals surface area (Å²) in [6, 6.07) is 0.954. The smallest absolute Gasteiger partial charge is 0.236 e. The fourth-order valence-corrected chi connectivity index (χ4v) is 3.95. The van der Waals surface area contributed by atoms with E-state index in [0.717, 1.165) is 45.4 Å². The fraction of sp³-hybridized carbons (Fsp3) is 0.938. The molecule has 3 heterocycles. The maximum atomic E-state index is 12.5. The van der Waals surface area contributed by atoms with Crippen molar-refractivity contribution < 1.29 is 4.79 Å². The third-order valence-electron chi connectivity index (χ3n) is 5.41. The van der Waals surface area contributed by atoms with Gasteiger partial charge in [0.1, 0.15) is 0 Å². The van der Waals surface area contributed by atoms with Crippen molar-refractivity contribution in [3.63, 3.8) is 0 Å². The molecule has 2 N–H and O–H groups in total. The van der Waals surface area contributed by atoms with E-state index in [9.17, 15) is 4.79 Å². The molecule has 0 radical (unpaired) electrons. The van der Waals surface area contributed by atoms with Crippen molar-refractivity contribution in [1.29, 1.82) is 0 Å². The van der Waals surface area contributed by atoms with E-state index in [-0.39, 0.29) is 0 Å². The number of nitrogens with zero attached hydrogens (tertiary/aromatic N) is 3. The highest BCUT2D eigenvalue weighted by Crippen LogP contribution is 2.20. The molecule has 5 heteroatoms. The second kappa shape index (κ2) is 7.07. The lowest BCUT2D eigenvalue weighted by Crippen LogP contribution is -2.46. The van der Waals surface area contributed by atoms with Gasteiger partial charge >= 0.3 is 0 Å². The molecule has 1 atom stereocenters. The van der Waals surface area contributed by atoms with Crippen LogP contribution in [0.25, 0.3) is 0 Å². The minimum absolute atomic E-state index is 0.324. The molecule has 1 unspecified atom stereocenters. The molecule has 120 valence electrons. The van der Waals surface area contributed by atoms with Crippen molar-refractivity contribution in [3.8, 4) is 0 Å². The Bertz CT molecular complexity index is 348. The number of hydrogen-bond donors (Lipinski definition) is 1. The SMILES string of the molecule is NC1CCN(CC(=O)N2CCC(N3CCCCC3)C2)CC1. The number of piperidine rings is 2. The highest BCUT2D eigenvalue weighted by atomic mass is 16.2. The molecule has 3 fully saturated rings. The predicted octanol–water partition coefficient (Wildman–Crippen LogP) is 0.496. The van der Waals surface area contributed by atoms with E-state index in [1.54, 1.807) is 0 Å². The number of carbonyl (C=O) groups excluding carboxylic acids is 1. The second-order valence-corrected chi connectivity index (χ2v) is 6.99. The van der Waals surface area contributed by atoms with Crippen molar-refractivity contribution in [2.75, 3.05) is 45.8 Å². The summed E-state index contributed by atoms with van der Waals surface area (Å²) in [5.41, 5.74) is 5.92. The Morgan fingerprint density at radius 1 is 0.952 bits per heavy atom. The summed E-state index contributed by atoms with van der Waals surface area (Å²) in [6.45, 7) is 6.93. The number of carbonyl (C=O) groups is 1. The van der Waals surface area contributed by atoms with Gasteiger partial charge < -0.3 is 10.6 Å². The van der Waals surface area contributed by atoms with E-state index in [2.05, 4.69) is 14.7 Å². The van der Waals surface area contributed by atoms with Crippen molar-refractivity contribution >= 4 is 5.91 Å². The fourth-order valence-electron chi connectivity index (χ4n) is 3.95. The van der Waals surface area contributed by atoms with Gasteiger partial charge in [-0.3, -0.25) is 14.6 Å². The normalized spacial score (nSPS) is 30.0. The van der Waals surface area contributed by atoms with Crippen LogP contribution in [0.5, 0.6) is 0 Å². The molecule has 3 aliphatic rings.